The van der Waals surface area contributed by atoms with Crippen LogP contribution in [0, 0.1) is 0 Å². The molecule has 6 heteroatoms. The van der Waals surface area contributed by atoms with Gasteiger partial charge in [0.1, 0.15) is 5.75 Å². The fraction of sp³-hybridized carbons (Fsp3) is 0.0769. The Morgan fingerprint density at radius 1 is 1.11 bits per heavy atom. The van der Waals surface area contributed by atoms with Gasteiger partial charge >= 0.3 is 0 Å². The van der Waals surface area contributed by atoms with Gasteiger partial charge in [0, 0.05) is 11.0 Å². The normalized spacial score (nSPS) is 11.4. The number of phenolic OH excluding ortho intramolecular Hbond substituents is 1. The summed E-state index contributed by atoms with van der Waals surface area (Å²) < 4.78 is 27.4. The number of rotatable bonds is 4. The van der Waals surface area contributed by atoms with Crippen LogP contribution in [-0.2, 0) is 16.6 Å². The zero-order valence-electron chi connectivity index (χ0n) is 9.88. The molecule has 0 atom stereocenters. The van der Waals surface area contributed by atoms with Gasteiger partial charge in [0.05, 0.1) is 4.90 Å². The molecule has 0 amide bonds. The standard InChI is InChI=1S/C13H12BrNO3S/c14-13-7-2-1-4-10(13)9-15-19(17,18)12-6-3-5-11(16)8-12/h1-8,15-16H,9H2. The van der Waals surface area contributed by atoms with E-state index in [9.17, 15) is 13.5 Å². The SMILES string of the molecule is O=S(=O)(NCc1ccccc1Br)c1cccc(O)c1. The lowest BCUT2D eigenvalue weighted by molar-refractivity contribution is 0.473. The number of hydrogen-bond donors (Lipinski definition) is 2. The van der Waals surface area contributed by atoms with E-state index < -0.39 is 10.0 Å². The van der Waals surface area contributed by atoms with E-state index in [0.29, 0.717) is 0 Å². The number of aromatic hydroxyl groups is 1. The molecule has 0 saturated heterocycles. The van der Waals surface area contributed by atoms with Crippen LogP contribution in [0.3, 0.4) is 0 Å². The van der Waals surface area contributed by atoms with Crippen LogP contribution in [0.4, 0.5) is 0 Å². The van der Waals surface area contributed by atoms with Crippen molar-refractivity contribution in [3.05, 3.63) is 58.6 Å². The molecule has 0 aliphatic heterocycles. The summed E-state index contributed by atoms with van der Waals surface area (Å²) in [6.45, 7) is 0.180. The molecule has 0 saturated carbocycles. The van der Waals surface area contributed by atoms with Crippen LogP contribution < -0.4 is 4.72 Å². The van der Waals surface area contributed by atoms with Gasteiger partial charge in [-0.3, -0.25) is 0 Å². The highest BCUT2D eigenvalue weighted by molar-refractivity contribution is 9.10. The van der Waals surface area contributed by atoms with Crippen molar-refractivity contribution in [2.45, 2.75) is 11.4 Å². The summed E-state index contributed by atoms with van der Waals surface area (Å²) in [6.07, 6.45) is 0. The number of halogens is 1. The maximum absolute atomic E-state index is 12.0. The van der Waals surface area contributed by atoms with Gasteiger partial charge in [0.25, 0.3) is 0 Å². The molecule has 0 bridgehead atoms. The van der Waals surface area contributed by atoms with Crippen LogP contribution in [-0.4, -0.2) is 13.5 Å². The smallest absolute Gasteiger partial charge is 0.241 e. The number of nitrogens with one attached hydrogen (secondary N) is 1. The fourth-order valence-electron chi connectivity index (χ4n) is 1.55. The summed E-state index contributed by atoms with van der Waals surface area (Å²) in [4.78, 5) is 0.0413. The molecule has 0 radical (unpaired) electrons. The highest BCUT2D eigenvalue weighted by Crippen LogP contribution is 2.18. The summed E-state index contributed by atoms with van der Waals surface area (Å²) in [5.41, 5.74) is 0.839. The van der Waals surface area contributed by atoms with E-state index in [1.807, 2.05) is 24.3 Å². The van der Waals surface area contributed by atoms with Gasteiger partial charge in [-0.1, -0.05) is 40.2 Å². The first-order valence-electron chi connectivity index (χ1n) is 5.51. The molecule has 0 aromatic heterocycles. The summed E-state index contributed by atoms with van der Waals surface area (Å²) in [6, 6.07) is 12.9. The van der Waals surface area contributed by atoms with Gasteiger partial charge in [0.2, 0.25) is 10.0 Å². The molecule has 0 heterocycles. The van der Waals surface area contributed by atoms with Crippen LogP contribution >= 0.6 is 15.9 Å². The molecule has 0 unspecified atom stereocenters. The average molecular weight is 342 g/mol. The van der Waals surface area contributed by atoms with Gasteiger partial charge in [-0.05, 0) is 29.8 Å². The minimum atomic E-state index is -3.63. The molecule has 2 aromatic rings. The van der Waals surface area contributed by atoms with E-state index in [1.54, 1.807) is 0 Å². The first kappa shape index (κ1) is 14.0. The Kier molecular flexibility index (Phi) is 4.24. The molecule has 2 rings (SSSR count). The van der Waals surface area contributed by atoms with E-state index >= 15 is 0 Å². The lowest BCUT2D eigenvalue weighted by Gasteiger charge is -2.08. The van der Waals surface area contributed by atoms with Gasteiger partial charge in [-0.15, -0.1) is 0 Å². The van der Waals surface area contributed by atoms with Crippen molar-refractivity contribution in [3.8, 4) is 5.75 Å². The van der Waals surface area contributed by atoms with Crippen LogP contribution in [0.2, 0.25) is 0 Å². The van der Waals surface area contributed by atoms with Crippen molar-refractivity contribution in [2.75, 3.05) is 0 Å². The molecule has 19 heavy (non-hydrogen) atoms. The first-order valence-corrected chi connectivity index (χ1v) is 7.79. The van der Waals surface area contributed by atoms with Crippen molar-refractivity contribution in [1.29, 1.82) is 0 Å². The fourth-order valence-corrected chi connectivity index (χ4v) is 3.02. The lowest BCUT2D eigenvalue weighted by atomic mass is 10.2. The second-order valence-electron chi connectivity index (χ2n) is 3.91. The van der Waals surface area contributed by atoms with E-state index in [4.69, 9.17) is 0 Å². The third-order valence-electron chi connectivity index (χ3n) is 2.54. The first-order chi connectivity index (χ1) is 8.99. The molecular weight excluding hydrogens is 330 g/mol. The van der Waals surface area contributed by atoms with E-state index in [-0.39, 0.29) is 17.2 Å². The predicted molar refractivity (Wildman–Crippen MR) is 76.3 cm³/mol. The Balaban J connectivity index is 2.17. The number of benzene rings is 2. The topological polar surface area (TPSA) is 66.4 Å². The van der Waals surface area contributed by atoms with Crippen molar-refractivity contribution < 1.29 is 13.5 Å². The second kappa shape index (κ2) is 5.73. The van der Waals surface area contributed by atoms with Crippen LogP contribution in [0.5, 0.6) is 5.75 Å². The van der Waals surface area contributed by atoms with Crippen molar-refractivity contribution >= 4 is 26.0 Å². The van der Waals surface area contributed by atoms with E-state index in [0.717, 1.165) is 10.0 Å². The maximum Gasteiger partial charge on any atom is 0.241 e. The summed E-state index contributed by atoms with van der Waals surface area (Å²) in [5, 5.41) is 9.31. The summed E-state index contributed by atoms with van der Waals surface area (Å²) in [7, 11) is -3.63. The van der Waals surface area contributed by atoms with Crippen molar-refractivity contribution in [3.63, 3.8) is 0 Å². The second-order valence-corrected chi connectivity index (χ2v) is 6.53. The van der Waals surface area contributed by atoms with Crippen molar-refractivity contribution in [2.24, 2.45) is 0 Å². The predicted octanol–water partition coefficient (Wildman–Crippen LogP) is 2.63. The maximum atomic E-state index is 12.0. The molecule has 0 aliphatic carbocycles. The van der Waals surface area contributed by atoms with Crippen LogP contribution in [0.1, 0.15) is 5.56 Å². The average Bonchev–Trinajstić information content (AvgIpc) is 2.38. The van der Waals surface area contributed by atoms with E-state index in [2.05, 4.69) is 20.7 Å². The summed E-state index contributed by atoms with van der Waals surface area (Å²) >= 11 is 3.36. The Labute approximate surface area is 120 Å². The van der Waals surface area contributed by atoms with Gasteiger partial charge in [-0.2, -0.15) is 0 Å². The Hall–Kier alpha value is -1.37. The minimum absolute atomic E-state index is 0.0413. The lowest BCUT2D eigenvalue weighted by Crippen LogP contribution is -2.23. The third-order valence-corrected chi connectivity index (χ3v) is 4.71. The quantitative estimate of drug-likeness (QED) is 0.898. The van der Waals surface area contributed by atoms with Crippen LogP contribution in [0.15, 0.2) is 57.9 Å². The Morgan fingerprint density at radius 3 is 2.53 bits per heavy atom. The van der Waals surface area contributed by atoms with Gasteiger partial charge in [0.15, 0.2) is 0 Å². The molecule has 0 fully saturated rings. The number of hydrogen-bond acceptors (Lipinski definition) is 3. The highest BCUT2D eigenvalue weighted by atomic mass is 79.9. The third kappa shape index (κ3) is 3.56. The molecule has 2 aromatic carbocycles. The summed E-state index contributed by atoms with van der Waals surface area (Å²) in [5.74, 6) is -0.0798. The molecule has 4 nitrogen and oxygen atoms in total. The number of sulfonamides is 1. The Morgan fingerprint density at radius 2 is 1.84 bits per heavy atom. The number of phenols is 1. The van der Waals surface area contributed by atoms with Crippen molar-refractivity contribution in [1.82, 2.24) is 4.72 Å². The molecule has 100 valence electrons. The van der Waals surface area contributed by atoms with Gasteiger partial charge in [-0.25, -0.2) is 13.1 Å². The highest BCUT2D eigenvalue weighted by Gasteiger charge is 2.14. The monoisotopic (exact) mass is 341 g/mol. The largest absolute Gasteiger partial charge is 0.508 e. The van der Waals surface area contributed by atoms with E-state index in [1.165, 1.54) is 24.3 Å². The Bertz CT molecular complexity index is 686. The van der Waals surface area contributed by atoms with Crippen LogP contribution in [0.25, 0.3) is 0 Å². The zero-order chi connectivity index (χ0) is 13.9. The zero-order valence-corrected chi connectivity index (χ0v) is 12.3. The molecule has 2 N–H and O–H groups in total. The molecular formula is C13H12BrNO3S. The minimum Gasteiger partial charge on any atom is -0.508 e. The van der Waals surface area contributed by atoms with Gasteiger partial charge < -0.3 is 5.11 Å². The molecule has 0 spiro atoms. The molecule has 0 aliphatic rings.